The van der Waals surface area contributed by atoms with Gasteiger partial charge in [-0.25, -0.2) is 9.59 Å². The van der Waals surface area contributed by atoms with E-state index < -0.39 is 84.4 Å². The number of primary amides is 1. The van der Waals surface area contributed by atoms with Gasteiger partial charge in [0.2, 0.25) is 0 Å². The molecule has 0 saturated heterocycles. The number of aliphatic hydroxyl groups excluding tert-OH is 5. The molecule has 0 heterocycles. The number of halogens is 2. The quantitative estimate of drug-likeness (QED) is 0.0361. The SMILES string of the molecule is CC/C=C/C(OC(N)=O)C(Cl)C(O)CC(O)C(O)C(O)C(C)/C(Cl)=C/C=C/C=C(C)/C=C/C=C/C(=O)O[C@H]1C[C@H](C(=O)O)CC[C@H]1O. The maximum atomic E-state index is 12.1. The fourth-order valence-electron chi connectivity index (χ4n) is 4.59. The Hall–Kier alpha value is -2.97. The van der Waals surface area contributed by atoms with Crippen LogP contribution in [0.1, 0.15) is 52.9 Å². The molecule has 0 aromatic heterocycles. The molecule has 14 heteroatoms. The summed E-state index contributed by atoms with van der Waals surface area (Å²) in [5.41, 5.74) is 5.86. The molecule has 0 aromatic rings. The minimum Gasteiger partial charge on any atom is -0.481 e. The Balaban J connectivity index is 2.65. The van der Waals surface area contributed by atoms with Crippen molar-refractivity contribution in [2.75, 3.05) is 0 Å². The maximum absolute atomic E-state index is 12.1. The number of ether oxygens (including phenoxy) is 2. The number of carbonyl (C=O) groups is 3. The van der Waals surface area contributed by atoms with Crippen LogP contribution in [0.2, 0.25) is 0 Å². The molecule has 0 aliphatic heterocycles. The van der Waals surface area contributed by atoms with Gasteiger partial charge >= 0.3 is 18.0 Å². The van der Waals surface area contributed by atoms with E-state index in [-0.39, 0.29) is 17.9 Å². The molecule has 0 aromatic carbocycles. The maximum Gasteiger partial charge on any atom is 0.405 e. The molecule has 1 fully saturated rings. The molecule has 0 spiro atoms. The second-order valence-electron chi connectivity index (χ2n) is 11.3. The first-order chi connectivity index (χ1) is 22.1. The van der Waals surface area contributed by atoms with Gasteiger partial charge in [-0.1, -0.05) is 73.6 Å². The van der Waals surface area contributed by atoms with E-state index in [1.165, 1.54) is 24.3 Å². The van der Waals surface area contributed by atoms with Crippen molar-refractivity contribution in [3.63, 3.8) is 0 Å². The van der Waals surface area contributed by atoms with E-state index in [0.29, 0.717) is 12.8 Å². The number of aliphatic hydroxyl groups is 5. The van der Waals surface area contributed by atoms with Gasteiger partial charge in [-0.3, -0.25) is 4.79 Å². The topological polar surface area (TPSA) is 217 Å². The molecule has 264 valence electrons. The van der Waals surface area contributed by atoms with Crippen LogP contribution in [0, 0.1) is 11.8 Å². The van der Waals surface area contributed by atoms with Crippen molar-refractivity contribution in [3.05, 3.63) is 71.4 Å². The fraction of sp³-hybridized carbons (Fsp3) is 0.545. The lowest BCUT2D eigenvalue weighted by Crippen LogP contribution is -2.45. The molecule has 47 heavy (non-hydrogen) atoms. The van der Waals surface area contributed by atoms with Crippen LogP contribution in [0.4, 0.5) is 4.79 Å². The summed E-state index contributed by atoms with van der Waals surface area (Å²) in [4.78, 5) is 34.4. The Labute approximate surface area is 285 Å². The molecule has 1 rings (SSSR count). The number of hydrogen-bond donors (Lipinski definition) is 7. The fourth-order valence-corrected chi connectivity index (χ4v) is 5.03. The predicted molar refractivity (Wildman–Crippen MR) is 177 cm³/mol. The lowest BCUT2D eigenvalue weighted by atomic mass is 9.85. The lowest BCUT2D eigenvalue weighted by Gasteiger charge is -2.30. The Kier molecular flexibility index (Phi) is 19.5. The first kappa shape index (κ1) is 42.1. The summed E-state index contributed by atoms with van der Waals surface area (Å²) in [7, 11) is 0. The number of aliphatic carboxylic acids is 1. The third kappa shape index (κ3) is 15.7. The van der Waals surface area contributed by atoms with Crippen LogP contribution in [0.3, 0.4) is 0 Å². The Bertz CT molecular complexity index is 1200. The standard InChI is InChI=1S/C33H47Cl2NO11/c1-4-5-13-26(47-33(36)45)29(35)24(38)18-25(39)31(42)30(41)20(3)22(34)12-8-6-10-19(2)11-7-9-14-28(40)46-27-17-21(32(43)44)15-16-23(27)37/h5-14,20-21,23-27,29-31,37-39,41-42H,4,15-18H2,1-3H3,(H2,36,45)(H,43,44)/b8-6+,11-7+,13-5+,14-9+,19-10+,22-12-/t20?,21-,23-,24?,25?,26?,27+,29?,30?,31?/m1/s1. The van der Waals surface area contributed by atoms with Crippen molar-refractivity contribution in [1.82, 2.24) is 0 Å². The van der Waals surface area contributed by atoms with Gasteiger partial charge in [0.15, 0.2) is 0 Å². The van der Waals surface area contributed by atoms with Crippen LogP contribution in [0.25, 0.3) is 0 Å². The number of nitrogens with two attached hydrogens (primary N) is 1. The molecule has 1 saturated carbocycles. The number of carbonyl (C=O) groups excluding carboxylic acids is 2. The van der Waals surface area contributed by atoms with Crippen molar-refractivity contribution < 1.29 is 54.5 Å². The summed E-state index contributed by atoms with van der Waals surface area (Å²) in [6, 6.07) is 0. The molecule has 0 radical (unpaired) electrons. The van der Waals surface area contributed by atoms with E-state index in [9.17, 15) is 39.9 Å². The molecular weight excluding hydrogens is 657 g/mol. The minimum atomic E-state index is -1.69. The van der Waals surface area contributed by atoms with E-state index in [4.69, 9.17) is 43.5 Å². The molecule has 1 aliphatic rings. The third-order valence-electron chi connectivity index (χ3n) is 7.47. The highest BCUT2D eigenvalue weighted by molar-refractivity contribution is 6.30. The van der Waals surface area contributed by atoms with Gasteiger partial charge in [0.05, 0.1) is 30.3 Å². The average molecular weight is 705 g/mol. The number of hydrogen-bond acceptors (Lipinski definition) is 10. The van der Waals surface area contributed by atoms with E-state index in [0.717, 1.165) is 5.57 Å². The number of carboxylic acids is 1. The van der Waals surface area contributed by atoms with E-state index in [1.54, 1.807) is 50.3 Å². The molecule has 1 aliphatic carbocycles. The number of alkyl halides is 1. The smallest absolute Gasteiger partial charge is 0.405 e. The third-order valence-corrected chi connectivity index (χ3v) is 8.48. The number of allylic oxidation sites excluding steroid dienone is 9. The molecule has 12 nitrogen and oxygen atoms in total. The summed E-state index contributed by atoms with van der Waals surface area (Å²) < 4.78 is 10.1. The van der Waals surface area contributed by atoms with Crippen LogP contribution in [-0.4, -0.2) is 96.8 Å². The van der Waals surface area contributed by atoms with Gasteiger partial charge in [0, 0.05) is 29.9 Å². The summed E-state index contributed by atoms with van der Waals surface area (Å²) in [5.74, 6) is -3.13. The largest absolute Gasteiger partial charge is 0.481 e. The molecule has 1 amide bonds. The second-order valence-corrected chi connectivity index (χ2v) is 12.2. The molecule has 0 bridgehead atoms. The van der Waals surface area contributed by atoms with Crippen molar-refractivity contribution in [2.24, 2.45) is 17.6 Å². The van der Waals surface area contributed by atoms with Crippen LogP contribution in [0.5, 0.6) is 0 Å². The predicted octanol–water partition coefficient (Wildman–Crippen LogP) is 3.39. The lowest BCUT2D eigenvalue weighted by molar-refractivity contribution is -0.159. The average Bonchev–Trinajstić information content (AvgIpc) is 3.02. The zero-order valence-electron chi connectivity index (χ0n) is 26.6. The van der Waals surface area contributed by atoms with Crippen LogP contribution >= 0.6 is 23.2 Å². The Morgan fingerprint density at radius 2 is 1.62 bits per heavy atom. The van der Waals surface area contributed by atoms with Gasteiger partial charge in [-0.2, -0.15) is 0 Å². The van der Waals surface area contributed by atoms with E-state index >= 15 is 0 Å². The summed E-state index contributed by atoms with van der Waals surface area (Å²) in [6.45, 7) is 5.18. The number of amides is 1. The second kappa shape index (κ2) is 21.8. The van der Waals surface area contributed by atoms with Gasteiger partial charge in [-0.05, 0) is 38.3 Å². The highest BCUT2D eigenvalue weighted by Gasteiger charge is 2.36. The van der Waals surface area contributed by atoms with Gasteiger partial charge in [0.1, 0.15) is 23.7 Å². The van der Waals surface area contributed by atoms with Crippen LogP contribution < -0.4 is 5.73 Å². The number of esters is 1. The van der Waals surface area contributed by atoms with E-state index in [2.05, 4.69) is 0 Å². The normalized spacial score (nSPS) is 24.3. The zero-order chi connectivity index (χ0) is 35.7. The monoisotopic (exact) mass is 703 g/mol. The summed E-state index contributed by atoms with van der Waals surface area (Å²) in [5, 5.41) is 60.2. The Morgan fingerprint density at radius 3 is 2.23 bits per heavy atom. The molecule has 8 N–H and O–H groups in total. The van der Waals surface area contributed by atoms with Gasteiger partial charge < -0.3 is 45.8 Å². The number of rotatable bonds is 18. The Morgan fingerprint density at radius 1 is 0.979 bits per heavy atom. The van der Waals surface area contributed by atoms with Gasteiger partial charge in [-0.15, -0.1) is 11.6 Å². The first-order valence-corrected chi connectivity index (χ1v) is 16.1. The minimum absolute atomic E-state index is 0.0622. The molecule has 7 unspecified atom stereocenters. The van der Waals surface area contributed by atoms with Crippen LogP contribution in [0.15, 0.2) is 71.4 Å². The van der Waals surface area contributed by atoms with Gasteiger partial charge in [0.25, 0.3) is 0 Å². The zero-order valence-corrected chi connectivity index (χ0v) is 28.2. The first-order valence-electron chi connectivity index (χ1n) is 15.2. The summed E-state index contributed by atoms with van der Waals surface area (Å²) in [6.07, 6.45) is 6.21. The van der Waals surface area contributed by atoms with Crippen LogP contribution in [-0.2, 0) is 19.1 Å². The summed E-state index contributed by atoms with van der Waals surface area (Å²) >= 11 is 12.5. The molecule has 10 atom stereocenters. The highest BCUT2D eigenvalue weighted by atomic mass is 35.5. The number of carboxylic acid groups (broad SMARTS) is 1. The van der Waals surface area contributed by atoms with Crippen molar-refractivity contribution in [3.8, 4) is 0 Å². The van der Waals surface area contributed by atoms with Crippen molar-refractivity contribution in [2.45, 2.75) is 101 Å². The van der Waals surface area contributed by atoms with Crippen molar-refractivity contribution >= 4 is 41.2 Å². The highest BCUT2D eigenvalue weighted by Crippen LogP contribution is 2.28. The molecular formula is C33H47Cl2NO11. The van der Waals surface area contributed by atoms with Crippen molar-refractivity contribution in [1.29, 1.82) is 0 Å². The van der Waals surface area contributed by atoms with E-state index in [1.807, 2.05) is 6.92 Å².